The van der Waals surface area contributed by atoms with E-state index in [9.17, 15) is 0 Å². The quantitative estimate of drug-likeness (QED) is 0.823. The highest BCUT2D eigenvalue weighted by Crippen LogP contribution is 2.37. The van der Waals surface area contributed by atoms with Crippen molar-refractivity contribution in [1.82, 2.24) is 0 Å². The maximum Gasteiger partial charge on any atom is 0.192 e. The molecule has 0 aliphatic rings. The molecule has 0 bridgehead atoms. The predicted molar refractivity (Wildman–Crippen MR) is 79.2 cm³/mol. The molecule has 3 heteroatoms. The van der Waals surface area contributed by atoms with Gasteiger partial charge >= 0.3 is 0 Å². The van der Waals surface area contributed by atoms with Crippen molar-refractivity contribution in [3.05, 3.63) is 35.4 Å². The first-order valence-electron chi connectivity index (χ1n) is 6.59. The van der Waals surface area contributed by atoms with E-state index in [0.717, 1.165) is 0 Å². The molecule has 0 heterocycles. The zero-order valence-electron chi connectivity index (χ0n) is 12.3. The van der Waals surface area contributed by atoms with Gasteiger partial charge in [-0.2, -0.15) is 0 Å². The van der Waals surface area contributed by atoms with Crippen molar-refractivity contribution in [2.24, 2.45) is 0 Å². The molecule has 0 aliphatic heterocycles. The minimum absolute atomic E-state index is 0.201. The second kappa shape index (κ2) is 6.00. The minimum Gasteiger partial charge on any atom is -0.413 e. The highest BCUT2D eigenvalue weighted by molar-refractivity contribution is 6.74. The van der Waals surface area contributed by atoms with Crippen molar-refractivity contribution in [2.45, 2.75) is 51.9 Å². The Hall–Kier alpha value is -0.643. The third-order valence-corrected chi connectivity index (χ3v) is 8.28. The lowest BCUT2D eigenvalue weighted by Gasteiger charge is -2.36. The fourth-order valence-corrected chi connectivity index (χ4v) is 2.44. The van der Waals surface area contributed by atoms with Crippen LogP contribution >= 0.6 is 0 Å². The SMILES string of the molecule is CC(C)(C)[Si](C)(C)OCc1cccc(CCO)c1. The van der Waals surface area contributed by atoms with E-state index in [1.165, 1.54) is 11.1 Å². The Kier molecular flexibility index (Phi) is 5.14. The molecule has 0 spiro atoms. The van der Waals surface area contributed by atoms with Crippen molar-refractivity contribution in [2.75, 3.05) is 6.61 Å². The van der Waals surface area contributed by atoms with Crippen molar-refractivity contribution in [3.8, 4) is 0 Å². The first kappa shape index (κ1) is 15.4. The van der Waals surface area contributed by atoms with Gasteiger partial charge in [-0.05, 0) is 35.7 Å². The van der Waals surface area contributed by atoms with Crippen LogP contribution in [-0.2, 0) is 17.5 Å². The summed E-state index contributed by atoms with van der Waals surface area (Å²) in [4.78, 5) is 0. The van der Waals surface area contributed by atoms with Crippen LogP contribution < -0.4 is 0 Å². The standard InChI is InChI=1S/C15H26O2Si/c1-15(2,3)18(4,5)17-12-14-8-6-7-13(11-14)9-10-16/h6-8,11,16H,9-10,12H2,1-5H3. The molecule has 1 N–H and O–H groups in total. The molecule has 2 nitrogen and oxygen atoms in total. The lowest BCUT2D eigenvalue weighted by molar-refractivity contribution is 0.276. The maximum atomic E-state index is 8.95. The second-order valence-corrected chi connectivity index (χ2v) is 11.2. The monoisotopic (exact) mass is 266 g/mol. The normalized spacial score (nSPS) is 12.8. The van der Waals surface area contributed by atoms with Gasteiger partial charge in [-0.15, -0.1) is 0 Å². The molecule has 0 saturated heterocycles. The van der Waals surface area contributed by atoms with Crippen LogP contribution in [0.25, 0.3) is 0 Å². The fraction of sp³-hybridized carbons (Fsp3) is 0.600. The van der Waals surface area contributed by atoms with Crippen molar-refractivity contribution >= 4 is 8.32 Å². The third-order valence-electron chi connectivity index (χ3n) is 3.80. The summed E-state index contributed by atoms with van der Waals surface area (Å²) in [5.41, 5.74) is 2.37. The molecule has 1 aromatic rings. The van der Waals surface area contributed by atoms with Gasteiger partial charge in [0.2, 0.25) is 0 Å². The summed E-state index contributed by atoms with van der Waals surface area (Å²) in [7, 11) is -1.67. The smallest absolute Gasteiger partial charge is 0.192 e. The summed E-state index contributed by atoms with van der Waals surface area (Å²) in [6, 6.07) is 8.30. The summed E-state index contributed by atoms with van der Waals surface area (Å²) in [6.07, 6.45) is 0.716. The van der Waals surface area contributed by atoms with Crippen LogP contribution in [0.1, 0.15) is 31.9 Å². The summed E-state index contributed by atoms with van der Waals surface area (Å²) >= 11 is 0. The summed E-state index contributed by atoms with van der Waals surface area (Å²) in [5.74, 6) is 0. The van der Waals surface area contributed by atoms with Crippen LogP contribution in [0.5, 0.6) is 0 Å². The molecule has 0 atom stereocenters. The first-order chi connectivity index (χ1) is 8.26. The van der Waals surface area contributed by atoms with Gasteiger partial charge < -0.3 is 9.53 Å². The number of rotatable bonds is 5. The summed E-state index contributed by atoms with van der Waals surface area (Å²) in [5, 5.41) is 9.20. The van der Waals surface area contributed by atoms with E-state index in [4.69, 9.17) is 9.53 Å². The Labute approximate surface area is 112 Å². The number of aliphatic hydroxyl groups is 1. The molecule has 0 fully saturated rings. The van der Waals surface area contributed by atoms with Crippen molar-refractivity contribution in [1.29, 1.82) is 0 Å². The van der Waals surface area contributed by atoms with Gasteiger partial charge in [-0.3, -0.25) is 0 Å². The number of hydrogen-bond acceptors (Lipinski definition) is 2. The lowest BCUT2D eigenvalue weighted by atomic mass is 10.1. The van der Waals surface area contributed by atoms with E-state index in [1.54, 1.807) is 0 Å². The number of hydrogen-bond donors (Lipinski definition) is 1. The van der Waals surface area contributed by atoms with Gasteiger partial charge in [0.1, 0.15) is 0 Å². The van der Waals surface area contributed by atoms with Gasteiger partial charge in [0.25, 0.3) is 0 Å². The molecule has 1 rings (SSSR count). The first-order valence-corrected chi connectivity index (χ1v) is 9.50. The molecule has 0 amide bonds. The summed E-state index contributed by atoms with van der Waals surface area (Å²) < 4.78 is 6.19. The van der Waals surface area contributed by atoms with Crippen LogP contribution in [-0.4, -0.2) is 20.0 Å². The van der Waals surface area contributed by atoms with Crippen LogP contribution in [0, 0.1) is 0 Å². The van der Waals surface area contributed by atoms with Crippen LogP contribution in [0.15, 0.2) is 24.3 Å². The van der Waals surface area contributed by atoms with Crippen LogP contribution in [0.3, 0.4) is 0 Å². The molecule has 18 heavy (non-hydrogen) atoms. The highest BCUT2D eigenvalue weighted by Gasteiger charge is 2.36. The van der Waals surface area contributed by atoms with Crippen LogP contribution in [0.2, 0.25) is 18.1 Å². The van der Waals surface area contributed by atoms with Gasteiger partial charge in [-0.25, -0.2) is 0 Å². The molecule has 0 aromatic heterocycles. The maximum absolute atomic E-state index is 8.95. The average molecular weight is 266 g/mol. The lowest BCUT2D eigenvalue weighted by Crippen LogP contribution is -2.40. The Morgan fingerprint density at radius 3 is 2.33 bits per heavy atom. The van der Waals surface area contributed by atoms with E-state index >= 15 is 0 Å². The second-order valence-electron chi connectivity index (χ2n) is 6.34. The predicted octanol–water partition coefficient (Wildman–Crippen LogP) is 3.74. The fourth-order valence-electron chi connectivity index (χ4n) is 1.48. The van der Waals surface area contributed by atoms with Gasteiger partial charge in [-0.1, -0.05) is 45.0 Å². The molecule has 1 aromatic carbocycles. The van der Waals surface area contributed by atoms with Crippen LogP contribution in [0.4, 0.5) is 0 Å². The van der Waals surface area contributed by atoms with Gasteiger partial charge in [0.15, 0.2) is 8.32 Å². The third kappa shape index (κ3) is 4.23. The average Bonchev–Trinajstić information content (AvgIpc) is 2.26. The molecule has 102 valence electrons. The van der Waals surface area contributed by atoms with Gasteiger partial charge in [0.05, 0.1) is 6.61 Å². The zero-order valence-corrected chi connectivity index (χ0v) is 13.3. The molecular weight excluding hydrogens is 240 g/mol. The molecule has 0 radical (unpaired) electrons. The minimum atomic E-state index is -1.67. The molecule has 0 saturated carbocycles. The molecule has 0 aliphatic carbocycles. The van der Waals surface area contributed by atoms with E-state index < -0.39 is 8.32 Å². The Morgan fingerprint density at radius 2 is 1.78 bits per heavy atom. The highest BCUT2D eigenvalue weighted by atomic mass is 28.4. The summed E-state index contributed by atoms with van der Waals surface area (Å²) in [6.45, 7) is 12.2. The Morgan fingerprint density at radius 1 is 1.17 bits per heavy atom. The van der Waals surface area contributed by atoms with E-state index in [-0.39, 0.29) is 11.6 Å². The largest absolute Gasteiger partial charge is 0.413 e. The van der Waals surface area contributed by atoms with E-state index in [0.29, 0.717) is 13.0 Å². The molecule has 0 unspecified atom stereocenters. The number of benzene rings is 1. The van der Waals surface area contributed by atoms with Crippen molar-refractivity contribution < 1.29 is 9.53 Å². The number of aliphatic hydroxyl groups excluding tert-OH is 1. The molecular formula is C15H26O2Si. The zero-order chi connectivity index (χ0) is 13.8. The Bertz CT molecular complexity index is 380. The van der Waals surface area contributed by atoms with E-state index in [2.05, 4.69) is 46.0 Å². The Balaban J connectivity index is 2.66. The topological polar surface area (TPSA) is 29.5 Å². The van der Waals surface area contributed by atoms with E-state index in [1.807, 2.05) is 12.1 Å². The van der Waals surface area contributed by atoms with Gasteiger partial charge in [0, 0.05) is 6.61 Å². The van der Waals surface area contributed by atoms with Crippen molar-refractivity contribution in [3.63, 3.8) is 0 Å².